The van der Waals surface area contributed by atoms with Crippen LogP contribution in [0.25, 0.3) is 0 Å². The molecule has 0 radical (unpaired) electrons. The molecule has 0 aromatic heterocycles. The maximum Gasteiger partial charge on any atom is 0.338 e. The normalized spacial score (nSPS) is 11.4. The molecule has 43 heavy (non-hydrogen) atoms. The zero-order valence-electron chi connectivity index (χ0n) is 25.2. The molecule has 0 atom stereocenters. The van der Waals surface area contributed by atoms with Gasteiger partial charge in [0.15, 0.2) is 0 Å². The summed E-state index contributed by atoms with van der Waals surface area (Å²) in [4.78, 5) is 10.9. The van der Waals surface area contributed by atoms with E-state index in [1.165, 1.54) is 92.0 Å². The summed E-state index contributed by atoms with van der Waals surface area (Å²) in [7, 11) is -1.71. The molecule has 0 aliphatic rings. The van der Waals surface area contributed by atoms with Gasteiger partial charge < -0.3 is 9.84 Å². The van der Waals surface area contributed by atoms with Crippen LogP contribution in [-0.4, -0.2) is 23.8 Å². The first-order valence-corrected chi connectivity index (χ1v) is 17.8. The van der Waals surface area contributed by atoms with E-state index in [0.717, 1.165) is 18.9 Å². The third-order valence-electron chi connectivity index (χ3n) is 8.17. The van der Waals surface area contributed by atoms with Crippen molar-refractivity contribution in [3.05, 3.63) is 121 Å². The fraction of sp³-hybridized carbons (Fsp3) is 0.342. The lowest BCUT2D eigenvalue weighted by molar-refractivity contribution is 0.0692. The van der Waals surface area contributed by atoms with Crippen LogP contribution in [-0.2, 0) is 0 Å². The molecule has 0 fully saturated rings. The highest BCUT2D eigenvalue weighted by molar-refractivity contribution is 7.95. The number of carbonyl (C=O) groups is 1. The number of halogens is 1. The van der Waals surface area contributed by atoms with Crippen molar-refractivity contribution in [2.45, 2.75) is 70.6 Å². The Kier molecular flexibility index (Phi) is 13.3. The van der Waals surface area contributed by atoms with E-state index in [2.05, 4.69) is 91.0 Å². The first-order valence-electron chi connectivity index (χ1n) is 15.8. The molecule has 0 aliphatic carbocycles. The van der Waals surface area contributed by atoms with Crippen molar-refractivity contribution in [1.29, 1.82) is 0 Å². The Morgan fingerprint density at radius 1 is 0.581 bits per heavy atom. The minimum Gasteiger partial charge on any atom is -0.493 e. The van der Waals surface area contributed by atoms with E-state index < -0.39 is 19.0 Å². The molecule has 5 heteroatoms. The molecule has 0 spiro atoms. The van der Waals surface area contributed by atoms with Gasteiger partial charge in [0, 0.05) is 6.07 Å². The molecule has 226 valence electrons. The maximum absolute atomic E-state index is 13.7. The summed E-state index contributed by atoms with van der Waals surface area (Å²) in [5.74, 6) is -1.64. The Morgan fingerprint density at radius 2 is 1.00 bits per heavy atom. The highest BCUT2D eigenvalue weighted by Gasteiger charge is 2.44. The molecule has 1 N–H and O–H groups in total. The average molecular weight is 600 g/mol. The second-order valence-electron chi connectivity index (χ2n) is 11.2. The second-order valence-corrected chi connectivity index (χ2v) is 14.8. The van der Waals surface area contributed by atoms with Gasteiger partial charge in [0.2, 0.25) is 0 Å². The van der Waals surface area contributed by atoms with Gasteiger partial charge >= 0.3 is 5.97 Å². The Bertz CT molecular complexity index is 1270. The van der Waals surface area contributed by atoms with Gasteiger partial charge in [-0.3, -0.25) is 0 Å². The lowest BCUT2D eigenvalue weighted by atomic mass is 10.1. The minimum absolute atomic E-state index is 0.329. The van der Waals surface area contributed by atoms with E-state index in [1.807, 2.05) is 0 Å². The number of carboxylic acid groups (broad SMARTS) is 1. The summed E-state index contributed by atoms with van der Waals surface area (Å²) in [6.07, 6.45) is 14.6. The predicted octanol–water partition coefficient (Wildman–Crippen LogP) is 9.19. The predicted molar refractivity (Wildman–Crippen MR) is 180 cm³/mol. The van der Waals surface area contributed by atoms with Gasteiger partial charge in [0.05, 0.1) is 18.3 Å². The van der Waals surface area contributed by atoms with Crippen molar-refractivity contribution in [3.63, 3.8) is 0 Å². The third-order valence-corrected chi connectivity index (χ3v) is 12.7. The van der Waals surface area contributed by atoms with Crippen LogP contribution in [0, 0.1) is 5.82 Å². The van der Waals surface area contributed by atoms with Crippen molar-refractivity contribution in [3.8, 4) is 5.75 Å². The minimum atomic E-state index is -1.71. The number of carboxylic acids is 1. The van der Waals surface area contributed by atoms with E-state index in [9.17, 15) is 9.18 Å². The first kappa shape index (κ1) is 32.4. The Labute approximate surface area is 257 Å². The number of aromatic carboxylic acids is 1. The van der Waals surface area contributed by atoms with Crippen LogP contribution in [0.4, 0.5) is 4.39 Å². The van der Waals surface area contributed by atoms with E-state index in [4.69, 9.17) is 9.84 Å². The van der Waals surface area contributed by atoms with Gasteiger partial charge in [-0.25, -0.2) is 9.18 Å². The Balaban J connectivity index is 1.12. The SMILES string of the molecule is O=C(O)c1ccc(OCCCCCCCCCCCCC[P+](c2ccccc2)(c2ccccc2)c2ccccc2)cc1F. The highest BCUT2D eigenvalue weighted by Crippen LogP contribution is 2.56. The Morgan fingerprint density at radius 3 is 1.42 bits per heavy atom. The monoisotopic (exact) mass is 599 g/mol. The number of benzene rings is 4. The van der Waals surface area contributed by atoms with Crippen LogP contribution in [0.2, 0.25) is 0 Å². The van der Waals surface area contributed by atoms with Gasteiger partial charge in [-0.1, -0.05) is 106 Å². The number of hydrogen-bond donors (Lipinski definition) is 1. The molecule has 3 nitrogen and oxygen atoms in total. The van der Waals surface area contributed by atoms with Crippen LogP contribution >= 0.6 is 7.26 Å². The zero-order valence-corrected chi connectivity index (χ0v) is 26.1. The summed E-state index contributed by atoms with van der Waals surface area (Å²) in [6, 6.07) is 37.5. The van der Waals surface area contributed by atoms with E-state index in [0.29, 0.717) is 12.4 Å². The van der Waals surface area contributed by atoms with Crippen molar-refractivity contribution in [2.75, 3.05) is 12.8 Å². The van der Waals surface area contributed by atoms with Crippen LogP contribution in [0.5, 0.6) is 5.75 Å². The third kappa shape index (κ3) is 9.50. The molecule has 0 bridgehead atoms. The van der Waals surface area contributed by atoms with Crippen molar-refractivity contribution >= 4 is 29.1 Å². The average Bonchev–Trinajstić information content (AvgIpc) is 3.04. The van der Waals surface area contributed by atoms with Crippen molar-refractivity contribution in [2.24, 2.45) is 0 Å². The van der Waals surface area contributed by atoms with Gasteiger partial charge in [0.1, 0.15) is 34.7 Å². The van der Waals surface area contributed by atoms with Crippen LogP contribution in [0.1, 0.15) is 81.0 Å². The van der Waals surface area contributed by atoms with Gasteiger partial charge in [-0.15, -0.1) is 0 Å². The maximum atomic E-state index is 13.7. The van der Waals surface area contributed by atoms with Crippen LogP contribution < -0.4 is 20.7 Å². The molecule has 4 aromatic rings. The van der Waals surface area contributed by atoms with E-state index >= 15 is 0 Å². The smallest absolute Gasteiger partial charge is 0.338 e. The van der Waals surface area contributed by atoms with E-state index in [1.54, 1.807) is 0 Å². The molecule has 0 aliphatic heterocycles. The van der Waals surface area contributed by atoms with Crippen molar-refractivity contribution < 1.29 is 19.0 Å². The summed E-state index contributed by atoms with van der Waals surface area (Å²) in [5, 5.41) is 13.3. The molecule has 4 aromatic carbocycles. The quantitative estimate of drug-likeness (QED) is 0.0864. The molecule has 4 rings (SSSR count). The largest absolute Gasteiger partial charge is 0.493 e. The summed E-state index contributed by atoms with van der Waals surface area (Å²) < 4.78 is 19.3. The highest BCUT2D eigenvalue weighted by atomic mass is 31.2. The topological polar surface area (TPSA) is 46.5 Å². The van der Waals surface area contributed by atoms with Gasteiger partial charge in [-0.2, -0.15) is 0 Å². The lowest BCUT2D eigenvalue weighted by Crippen LogP contribution is -2.33. The summed E-state index contributed by atoms with van der Waals surface area (Å²) in [6.45, 7) is 0.522. The van der Waals surface area contributed by atoms with E-state index in [-0.39, 0.29) is 5.56 Å². The van der Waals surface area contributed by atoms with Gasteiger partial charge in [0.25, 0.3) is 0 Å². The fourth-order valence-corrected chi connectivity index (χ4v) is 10.3. The number of ether oxygens (including phenoxy) is 1. The summed E-state index contributed by atoms with van der Waals surface area (Å²) in [5.41, 5.74) is -0.329. The molecule has 0 amide bonds. The second kappa shape index (κ2) is 17.6. The standard InChI is InChI=1S/C38H44FO3P/c39-37-31-32(27-28-36(37)38(40)41)42-29-19-8-6-4-2-1-3-5-7-9-20-30-43(33-21-13-10-14-22-33,34-23-15-11-16-24-34)35-25-17-12-18-26-35/h10-18,21-28,31H,1-9,19-20,29-30H2/p+1. The number of unbranched alkanes of at least 4 members (excludes halogenated alkanes) is 10. The van der Waals surface area contributed by atoms with Crippen LogP contribution in [0.15, 0.2) is 109 Å². The Hall–Kier alpha value is -3.49. The number of rotatable bonds is 19. The molecule has 0 saturated heterocycles. The molecule has 0 saturated carbocycles. The fourth-order valence-electron chi connectivity index (χ4n) is 5.87. The summed E-state index contributed by atoms with van der Waals surface area (Å²) >= 11 is 0. The molecular weight excluding hydrogens is 554 g/mol. The molecule has 0 unspecified atom stereocenters. The lowest BCUT2D eigenvalue weighted by Gasteiger charge is -2.27. The van der Waals surface area contributed by atoms with Crippen molar-refractivity contribution in [1.82, 2.24) is 0 Å². The molecular formula is C38H45FO3P+. The first-order chi connectivity index (χ1) is 21.1. The molecule has 0 heterocycles. The van der Waals surface area contributed by atoms with Gasteiger partial charge in [-0.05, 0) is 67.8 Å². The number of hydrogen-bond acceptors (Lipinski definition) is 2. The van der Waals surface area contributed by atoms with Crippen LogP contribution in [0.3, 0.4) is 0 Å². The zero-order chi connectivity index (χ0) is 30.2.